The van der Waals surface area contributed by atoms with Crippen LogP contribution in [0.3, 0.4) is 0 Å². The quantitative estimate of drug-likeness (QED) is 0.379. The summed E-state index contributed by atoms with van der Waals surface area (Å²) in [5, 5.41) is 0. The Morgan fingerprint density at radius 1 is 0.931 bits per heavy atom. The maximum absolute atomic E-state index is 5.55. The molecule has 0 spiro atoms. The van der Waals surface area contributed by atoms with Gasteiger partial charge in [-0.1, -0.05) is 20.3 Å². The van der Waals surface area contributed by atoms with Crippen LogP contribution >= 0.6 is 11.8 Å². The molecule has 1 heterocycles. The maximum Gasteiger partial charge on any atom is 0.203 e. The molecule has 156 valence electrons. The van der Waals surface area contributed by atoms with E-state index in [-0.39, 0.29) is 0 Å². The van der Waals surface area contributed by atoms with Gasteiger partial charge in [0.2, 0.25) is 5.75 Å². The number of benzene rings is 2. The van der Waals surface area contributed by atoms with Gasteiger partial charge in [-0.15, -0.1) is 11.8 Å². The zero-order valence-corrected chi connectivity index (χ0v) is 18.8. The van der Waals surface area contributed by atoms with Crippen LogP contribution in [0.1, 0.15) is 33.1 Å². The van der Waals surface area contributed by atoms with Gasteiger partial charge in [0.05, 0.1) is 32.4 Å². The molecule has 0 aliphatic rings. The highest BCUT2D eigenvalue weighted by Gasteiger charge is 2.19. The van der Waals surface area contributed by atoms with Gasteiger partial charge >= 0.3 is 0 Å². The lowest BCUT2D eigenvalue weighted by Crippen LogP contribution is -2.02. The molecule has 29 heavy (non-hydrogen) atoms. The lowest BCUT2D eigenvalue weighted by molar-refractivity contribution is 0.324. The number of thioether (sulfide) groups is 1. The molecule has 0 bridgehead atoms. The Labute approximate surface area is 177 Å². The predicted molar refractivity (Wildman–Crippen MR) is 121 cm³/mol. The fraction of sp³-hybridized carbons (Fsp3) is 0.435. The van der Waals surface area contributed by atoms with Crippen LogP contribution in [0.5, 0.6) is 17.2 Å². The van der Waals surface area contributed by atoms with Gasteiger partial charge in [0.15, 0.2) is 11.5 Å². The summed E-state index contributed by atoms with van der Waals surface area (Å²) in [5.41, 5.74) is 3.13. The van der Waals surface area contributed by atoms with E-state index in [4.69, 9.17) is 19.2 Å². The monoisotopic (exact) mass is 414 g/mol. The second-order valence-corrected chi connectivity index (χ2v) is 8.02. The number of rotatable bonds is 10. The van der Waals surface area contributed by atoms with Gasteiger partial charge in [0.1, 0.15) is 5.82 Å². The Balaban J connectivity index is 2.17. The lowest BCUT2D eigenvalue weighted by atomic mass is 10.1. The second kappa shape index (κ2) is 9.92. The van der Waals surface area contributed by atoms with E-state index in [2.05, 4.69) is 36.6 Å². The molecule has 0 radical (unpaired) electrons. The van der Waals surface area contributed by atoms with Crippen molar-refractivity contribution in [3.8, 4) is 28.6 Å². The summed E-state index contributed by atoms with van der Waals surface area (Å²) in [7, 11) is 4.89. The minimum absolute atomic E-state index is 0.591. The van der Waals surface area contributed by atoms with Crippen LogP contribution in [0.2, 0.25) is 0 Å². The molecule has 0 N–H and O–H groups in total. The number of hydrogen-bond donors (Lipinski definition) is 0. The van der Waals surface area contributed by atoms with Crippen LogP contribution < -0.4 is 14.2 Å². The van der Waals surface area contributed by atoms with Gasteiger partial charge in [-0.3, -0.25) is 0 Å². The number of hydrogen-bond acceptors (Lipinski definition) is 5. The Bertz CT molecular complexity index is 943. The van der Waals surface area contributed by atoms with Gasteiger partial charge < -0.3 is 18.8 Å². The lowest BCUT2D eigenvalue weighted by Gasteiger charge is -2.15. The summed E-state index contributed by atoms with van der Waals surface area (Å²) < 4.78 is 18.9. The molecule has 0 unspecified atom stereocenters. The topological polar surface area (TPSA) is 45.5 Å². The molecule has 0 atom stereocenters. The Hall–Kier alpha value is -2.34. The summed E-state index contributed by atoms with van der Waals surface area (Å²) in [6, 6.07) is 10.5. The van der Waals surface area contributed by atoms with Gasteiger partial charge in [0.25, 0.3) is 0 Å². The number of fused-ring (bicyclic) bond motifs is 1. The average Bonchev–Trinajstić information content (AvgIpc) is 3.12. The van der Waals surface area contributed by atoms with Crippen LogP contribution in [0, 0.1) is 0 Å². The molecule has 0 saturated heterocycles. The van der Waals surface area contributed by atoms with Crippen LogP contribution in [-0.4, -0.2) is 36.6 Å². The summed E-state index contributed by atoms with van der Waals surface area (Å²) in [4.78, 5) is 6.25. The normalized spacial score (nSPS) is 11.1. The number of ether oxygens (including phenoxy) is 3. The van der Waals surface area contributed by atoms with E-state index in [1.807, 2.05) is 23.9 Å². The van der Waals surface area contributed by atoms with E-state index in [9.17, 15) is 0 Å². The van der Waals surface area contributed by atoms with E-state index in [1.165, 1.54) is 10.4 Å². The Morgan fingerprint density at radius 3 is 2.24 bits per heavy atom. The van der Waals surface area contributed by atoms with Crippen molar-refractivity contribution in [1.29, 1.82) is 0 Å². The number of nitrogens with zero attached hydrogens (tertiary/aromatic N) is 2. The molecule has 3 rings (SSSR count). The molecule has 6 heteroatoms. The van der Waals surface area contributed by atoms with Crippen LogP contribution in [-0.2, 0) is 6.54 Å². The Kier molecular flexibility index (Phi) is 7.31. The molecule has 0 fully saturated rings. The van der Waals surface area contributed by atoms with Crippen LogP contribution in [0.4, 0.5) is 0 Å². The van der Waals surface area contributed by atoms with Crippen molar-refractivity contribution in [2.24, 2.45) is 0 Å². The third-order valence-corrected chi connectivity index (χ3v) is 6.05. The Morgan fingerprint density at radius 2 is 1.66 bits per heavy atom. The van der Waals surface area contributed by atoms with Gasteiger partial charge in [0, 0.05) is 17.0 Å². The SMILES string of the molecule is CCCCn1c(-c2cc(OC)c(OC)c(OC)c2)nc2ccc(SCCC)cc21. The van der Waals surface area contributed by atoms with E-state index in [1.54, 1.807) is 21.3 Å². The van der Waals surface area contributed by atoms with E-state index in [0.29, 0.717) is 17.2 Å². The largest absolute Gasteiger partial charge is 0.493 e. The molecule has 0 amide bonds. The summed E-state index contributed by atoms with van der Waals surface area (Å²) in [6.07, 6.45) is 3.38. The predicted octanol–water partition coefficient (Wildman–Crippen LogP) is 6.03. The highest BCUT2D eigenvalue weighted by Crippen LogP contribution is 2.41. The molecule has 2 aromatic carbocycles. The minimum atomic E-state index is 0.591. The van der Waals surface area contributed by atoms with Crippen molar-refractivity contribution in [3.63, 3.8) is 0 Å². The van der Waals surface area contributed by atoms with Crippen LogP contribution in [0.15, 0.2) is 35.2 Å². The van der Waals surface area contributed by atoms with Gasteiger partial charge in [-0.25, -0.2) is 4.98 Å². The average molecular weight is 415 g/mol. The van der Waals surface area contributed by atoms with E-state index >= 15 is 0 Å². The highest BCUT2D eigenvalue weighted by molar-refractivity contribution is 7.99. The van der Waals surface area contributed by atoms with E-state index < -0.39 is 0 Å². The fourth-order valence-electron chi connectivity index (χ4n) is 3.39. The summed E-state index contributed by atoms with van der Waals surface area (Å²) in [6.45, 7) is 5.33. The zero-order chi connectivity index (χ0) is 20.8. The molecule has 5 nitrogen and oxygen atoms in total. The second-order valence-electron chi connectivity index (χ2n) is 6.85. The molecule has 3 aromatic rings. The molecular weight excluding hydrogens is 384 g/mol. The van der Waals surface area contributed by atoms with Crippen molar-refractivity contribution in [2.45, 2.75) is 44.6 Å². The first kappa shape index (κ1) is 21.4. The molecule has 0 aliphatic heterocycles. The minimum Gasteiger partial charge on any atom is -0.493 e. The summed E-state index contributed by atoms with van der Waals surface area (Å²) in [5.74, 6) is 3.90. The number of imidazole rings is 1. The summed E-state index contributed by atoms with van der Waals surface area (Å²) >= 11 is 1.89. The third kappa shape index (κ3) is 4.47. The first-order chi connectivity index (χ1) is 14.2. The zero-order valence-electron chi connectivity index (χ0n) is 17.9. The molecule has 0 aliphatic carbocycles. The number of aromatic nitrogens is 2. The van der Waals surface area contributed by atoms with E-state index in [0.717, 1.165) is 48.5 Å². The third-order valence-electron chi connectivity index (χ3n) is 4.85. The number of unbranched alkanes of at least 4 members (excludes halogenated alkanes) is 1. The smallest absolute Gasteiger partial charge is 0.203 e. The first-order valence-corrected chi connectivity index (χ1v) is 11.1. The van der Waals surface area contributed by atoms with Gasteiger partial charge in [-0.2, -0.15) is 0 Å². The van der Waals surface area contributed by atoms with Crippen molar-refractivity contribution in [2.75, 3.05) is 27.1 Å². The standard InChI is InChI=1S/C23H30N2O3S/c1-6-8-11-25-19-15-17(29-12-7-2)9-10-18(19)24-23(25)16-13-20(26-3)22(28-5)21(14-16)27-4/h9-10,13-15H,6-8,11-12H2,1-5H3. The maximum atomic E-state index is 5.55. The van der Waals surface area contributed by atoms with Crippen molar-refractivity contribution < 1.29 is 14.2 Å². The fourth-order valence-corrected chi connectivity index (χ4v) is 4.18. The molecular formula is C23H30N2O3S. The number of methoxy groups -OCH3 is 3. The van der Waals surface area contributed by atoms with Crippen molar-refractivity contribution >= 4 is 22.8 Å². The highest BCUT2D eigenvalue weighted by atomic mass is 32.2. The van der Waals surface area contributed by atoms with Crippen LogP contribution in [0.25, 0.3) is 22.4 Å². The molecule has 0 saturated carbocycles. The first-order valence-electron chi connectivity index (χ1n) is 10.1. The number of aryl methyl sites for hydroxylation is 1. The van der Waals surface area contributed by atoms with Crippen molar-refractivity contribution in [1.82, 2.24) is 9.55 Å². The molecule has 1 aromatic heterocycles. The van der Waals surface area contributed by atoms with Crippen molar-refractivity contribution in [3.05, 3.63) is 30.3 Å². The van der Waals surface area contributed by atoms with Gasteiger partial charge in [-0.05, 0) is 48.9 Å².